The maximum absolute atomic E-state index is 11.1. The highest BCUT2D eigenvalue weighted by molar-refractivity contribution is 6.33. The zero-order chi connectivity index (χ0) is 12.4. The molecule has 1 fully saturated rings. The molecule has 2 rings (SSSR count). The largest absolute Gasteiger partial charge is 0.354 e. The highest BCUT2D eigenvalue weighted by atomic mass is 35.5. The average Bonchev–Trinajstić information content (AvgIpc) is 2.67. The molecule has 1 amide bonds. The van der Waals surface area contributed by atoms with Crippen LogP contribution in [0.15, 0.2) is 18.2 Å². The summed E-state index contributed by atoms with van der Waals surface area (Å²) in [5, 5.41) is 7.51. The lowest BCUT2D eigenvalue weighted by Crippen LogP contribution is -2.33. The van der Waals surface area contributed by atoms with Gasteiger partial charge in [0, 0.05) is 35.1 Å². The first-order valence-electron chi connectivity index (χ1n) is 5.54. The number of carbonyl (C=O) groups excluding carboxylic acids is 1. The van der Waals surface area contributed by atoms with Crippen molar-refractivity contribution >= 4 is 29.1 Å². The van der Waals surface area contributed by atoms with E-state index in [1.807, 2.05) is 13.0 Å². The Hall–Kier alpha value is -0.770. The molecule has 92 valence electrons. The van der Waals surface area contributed by atoms with Crippen molar-refractivity contribution in [3.8, 4) is 0 Å². The number of hydrogen-bond donors (Lipinski definition) is 2. The van der Waals surface area contributed by atoms with E-state index >= 15 is 0 Å². The van der Waals surface area contributed by atoms with Gasteiger partial charge in [-0.05, 0) is 30.7 Å². The second-order valence-electron chi connectivity index (χ2n) is 4.26. The minimum Gasteiger partial charge on any atom is -0.354 e. The SMILES string of the molecule is CC(NC1CNC(=O)C1)c1cc(Cl)ccc1Cl. The van der Waals surface area contributed by atoms with Gasteiger partial charge in [0.25, 0.3) is 0 Å². The molecule has 0 bridgehead atoms. The molecule has 1 aliphatic heterocycles. The van der Waals surface area contributed by atoms with Crippen molar-refractivity contribution in [2.75, 3.05) is 6.54 Å². The van der Waals surface area contributed by atoms with Gasteiger partial charge in [0.15, 0.2) is 0 Å². The van der Waals surface area contributed by atoms with Gasteiger partial charge in [-0.3, -0.25) is 4.79 Å². The van der Waals surface area contributed by atoms with E-state index in [0.29, 0.717) is 23.0 Å². The first-order chi connectivity index (χ1) is 8.06. The van der Waals surface area contributed by atoms with Crippen LogP contribution in [0, 0.1) is 0 Å². The molecular weight excluding hydrogens is 259 g/mol. The minimum atomic E-state index is 0.0684. The predicted molar refractivity (Wildman–Crippen MR) is 69.4 cm³/mol. The van der Waals surface area contributed by atoms with Crippen molar-refractivity contribution in [2.45, 2.75) is 25.4 Å². The first-order valence-corrected chi connectivity index (χ1v) is 6.29. The molecule has 3 nitrogen and oxygen atoms in total. The second-order valence-corrected chi connectivity index (χ2v) is 5.10. The van der Waals surface area contributed by atoms with Crippen LogP contribution in [0.1, 0.15) is 24.9 Å². The van der Waals surface area contributed by atoms with Crippen LogP contribution in [-0.2, 0) is 4.79 Å². The zero-order valence-corrected chi connectivity index (χ0v) is 11.0. The maximum atomic E-state index is 11.1. The van der Waals surface area contributed by atoms with Crippen LogP contribution in [0.2, 0.25) is 10.0 Å². The van der Waals surface area contributed by atoms with Crippen LogP contribution in [-0.4, -0.2) is 18.5 Å². The van der Waals surface area contributed by atoms with Gasteiger partial charge in [-0.1, -0.05) is 23.2 Å². The quantitative estimate of drug-likeness (QED) is 0.888. The molecule has 1 aromatic carbocycles. The maximum Gasteiger partial charge on any atom is 0.221 e. The molecule has 17 heavy (non-hydrogen) atoms. The molecule has 2 unspecified atom stereocenters. The Labute approximate surface area is 110 Å². The summed E-state index contributed by atoms with van der Waals surface area (Å²) in [6.45, 7) is 2.68. The predicted octanol–water partition coefficient (Wildman–Crippen LogP) is 2.53. The van der Waals surface area contributed by atoms with Crippen LogP contribution < -0.4 is 10.6 Å². The smallest absolute Gasteiger partial charge is 0.221 e. The monoisotopic (exact) mass is 272 g/mol. The second kappa shape index (κ2) is 5.25. The van der Waals surface area contributed by atoms with Gasteiger partial charge in [0.05, 0.1) is 0 Å². The molecule has 2 atom stereocenters. The Morgan fingerprint density at radius 1 is 1.47 bits per heavy atom. The lowest BCUT2D eigenvalue weighted by molar-refractivity contribution is -0.119. The highest BCUT2D eigenvalue weighted by Gasteiger charge is 2.23. The topological polar surface area (TPSA) is 41.1 Å². The van der Waals surface area contributed by atoms with Gasteiger partial charge in [0.1, 0.15) is 0 Å². The Bertz CT molecular complexity index is 437. The molecule has 1 saturated heterocycles. The summed E-state index contributed by atoms with van der Waals surface area (Å²) in [6.07, 6.45) is 0.516. The van der Waals surface area contributed by atoms with E-state index in [4.69, 9.17) is 23.2 Å². The fourth-order valence-electron chi connectivity index (χ4n) is 2.01. The van der Waals surface area contributed by atoms with E-state index in [9.17, 15) is 4.79 Å². The number of amides is 1. The third-order valence-corrected chi connectivity index (χ3v) is 3.47. The Morgan fingerprint density at radius 3 is 2.88 bits per heavy atom. The fourth-order valence-corrected chi connectivity index (χ4v) is 2.47. The number of rotatable bonds is 3. The Balaban J connectivity index is 2.06. The van der Waals surface area contributed by atoms with E-state index in [-0.39, 0.29) is 18.0 Å². The van der Waals surface area contributed by atoms with Gasteiger partial charge >= 0.3 is 0 Å². The summed E-state index contributed by atoms with van der Waals surface area (Å²) >= 11 is 12.1. The lowest BCUT2D eigenvalue weighted by atomic mass is 10.1. The molecule has 0 aliphatic carbocycles. The van der Waals surface area contributed by atoms with Crippen molar-refractivity contribution in [3.05, 3.63) is 33.8 Å². The van der Waals surface area contributed by atoms with Crippen molar-refractivity contribution in [1.29, 1.82) is 0 Å². The van der Waals surface area contributed by atoms with Gasteiger partial charge in [-0.15, -0.1) is 0 Å². The van der Waals surface area contributed by atoms with E-state index < -0.39 is 0 Å². The van der Waals surface area contributed by atoms with Gasteiger partial charge < -0.3 is 10.6 Å². The van der Waals surface area contributed by atoms with Crippen molar-refractivity contribution < 1.29 is 4.79 Å². The van der Waals surface area contributed by atoms with E-state index in [1.165, 1.54) is 0 Å². The molecule has 2 N–H and O–H groups in total. The lowest BCUT2D eigenvalue weighted by Gasteiger charge is -2.19. The van der Waals surface area contributed by atoms with Crippen LogP contribution in [0.3, 0.4) is 0 Å². The Morgan fingerprint density at radius 2 is 2.24 bits per heavy atom. The average molecular weight is 273 g/mol. The number of hydrogen-bond acceptors (Lipinski definition) is 2. The van der Waals surface area contributed by atoms with Crippen LogP contribution in [0.25, 0.3) is 0 Å². The molecule has 0 radical (unpaired) electrons. The van der Waals surface area contributed by atoms with Crippen molar-refractivity contribution in [3.63, 3.8) is 0 Å². The third kappa shape index (κ3) is 3.12. The summed E-state index contributed by atoms with van der Waals surface area (Å²) in [6, 6.07) is 5.63. The zero-order valence-electron chi connectivity index (χ0n) is 9.47. The van der Waals surface area contributed by atoms with Gasteiger partial charge in [0.2, 0.25) is 5.91 Å². The normalized spacial score (nSPS) is 21.4. The third-order valence-electron chi connectivity index (χ3n) is 2.89. The molecule has 1 heterocycles. The summed E-state index contributed by atoms with van der Waals surface area (Å²) in [4.78, 5) is 11.1. The van der Waals surface area contributed by atoms with Crippen LogP contribution in [0.4, 0.5) is 0 Å². The van der Waals surface area contributed by atoms with Crippen LogP contribution >= 0.6 is 23.2 Å². The number of nitrogens with one attached hydrogen (secondary N) is 2. The Kier molecular flexibility index (Phi) is 3.92. The first kappa shape index (κ1) is 12.7. The summed E-state index contributed by atoms with van der Waals surface area (Å²) < 4.78 is 0. The standard InChI is InChI=1S/C12H14Cl2N2O/c1-7(16-9-5-12(17)15-6-9)10-4-8(13)2-3-11(10)14/h2-4,7,9,16H,5-6H2,1H3,(H,15,17). The summed E-state index contributed by atoms with van der Waals surface area (Å²) in [7, 11) is 0. The van der Waals surface area contributed by atoms with Gasteiger partial charge in [-0.2, -0.15) is 0 Å². The molecule has 1 aromatic rings. The highest BCUT2D eigenvalue weighted by Crippen LogP contribution is 2.26. The molecular formula is C12H14Cl2N2O. The number of benzene rings is 1. The summed E-state index contributed by atoms with van der Waals surface area (Å²) in [5.74, 6) is 0.0897. The van der Waals surface area contributed by atoms with Crippen molar-refractivity contribution in [2.24, 2.45) is 0 Å². The van der Waals surface area contributed by atoms with E-state index in [2.05, 4.69) is 10.6 Å². The van der Waals surface area contributed by atoms with Crippen molar-refractivity contribution in [1.82, 2.24) is 10.6 Å². The minimum absolute atomic E-state index is 0.0684. The molecule has 5 heteroatoms. The summed E-state index contributed by atoms with van der Waals surface area (Å²) in [5.41, 5.74) is 0.957. The molecule has 0 spiro atoms. The molecule has 0 aromatic heterocycles. The van der Waals surface area contributed by atoms with Gasteiger partial charge in [-0.25, -0.2) is 0 Å². The fraction of sp³-hybridized carbons (Fsp3) is 0.417. The van der Waals surface area contributed by atoms with Crippen LogP contribution in [0.5, 0.6) is 0 Å². The van der Waals surface area contributed by atoms with E-state index in [0.717, 1.165) is 5.56 Å². The number of halogens is 2. The molecule has 0 saturated carbocycles. The van der Waals surface area contributed by atoms with E-state index in [1.54, 1.807) is 12.1 Å². The number of carbonyl (C=O) groups is 1. The molecule has 1 aliphatic rings.